The maximum absolute atomic E-state index is 12.5. The van der Waals surface area contributed by atoms with Gasteiger partial charge in [-0.2, -0.15) is 0 Å². The van der Waals surface area contributed by atoms with Gasteiger partial charge in [0.25, 0.3) is 0 Å². The second-order valence-corrected chi connectivity index (χ2v) is 6.52. The molecule has 5 nitrogen and oxygen atoms in total. The van der Waals surface area contributed by atoms with Crippen LogP contribution in [-0.4, -0.2) is 34.1 Å². The Hall–Kier alpha value is -2.04. The SMILES string of the molecule is CC(C)NC(=O)[C@@H]1CCCC[C@@H]1N(Cc1ccccc1)C(=O)O. The van der Waals surface area contributed by atoms with Gasteiger partial charge in [-0.25, -0.2) is 4.79 Å². The Labute approximate surface area is 137 Å². The molecule has 1 aliphatic carbocycles. The second kappa shape index (κ2) is 7.99. The summed E-state index contributed by atoms with van der Waals surface area (Å²) in [6, 6.07) is 9.37. The number of hydrogen-bond donors (Lipinski definition) is 2. The van der Waals surface area contributed by atoms with Crippen molar-refractivity contribution in [2.45, 2.75) is 58.2 Å². The van der Waals surface area contributed by atoms with Gasteiger partial charge in [-0.3, -0.25) is 4.79 Å². The number of carboxylic acid groups (broad SMARTS) is 1. The van der Waals surface area contributed by atoms with Crippen molar-refractivity contribution >= 4 is 12.0 Å². The summed E-state index contributed by atoms with van der Waals surface area (Å²) in [5.74, 6) is -0.282. The van der Waals surface area contributed by atoms with E-state index in [4.69, 9.17) is 0 Å². The van der Waals surface area contributed by atoms with Crippen LogP contribution in [0.15, 0.2) is 30.3 Å². The fourth-order valence-electron chi connectivity index (χ4n) is 3.29. The first-order chi connectivity index (χ1) is 11.0. The zero-order valence-corrected chi connectivity index (χ0v) is 13.9. The van der Waals surface area contributed by atoms with E-state index >= 15 is 0 Å². The van der Waals surface area contributed by atoms with Gasteiger partial charge in [-0.1, -0.05) is 43.2 Å². The summed E-state index contributed by atoms with van der Waals surface area (Å²) in [5, 5.41) is 12.6. The van der Waals surface area contributed by atoms with Gasteiger partial charge >= 0.3 is 6.09 Å². The van der Waals surface area contributed by atoms with Gasteiger partial charge in [0.15, 0.2) is 0 Å². The average molecular weight is 318 g/mol. The molecular formula is C18H26N2O3. The molecule has 2 rings (SSSR count). The largest absolute Gasteiger partial charge is 0.465 e. The molecule has 2 atom stereocenters. The molecule has 0 aromatic heterocycles. The van der Waals surface area contributed by atoms with Crippen molar-refractivity contribution in [2.24, 2.45) is 5.92 Å². The van der Waals surface area contributed by atoms with E-state index in [-0.39, 0.29) is 23.9 Å². The molecule has 2 amide bonds. The molecule has 0 radical (unpaired) electrons. The minimum atomic E-state index is -0.955. The summed E-state index contributed by atoms with van der Waals surface area (Å²) in [5.41, 5.74) is 0.948. The number of benzene rings is 1. The first-order valence-corrected chi connectivity index (χ1v) is 8.33. The number of amides is 2. The number of carbonyl (C=O) groups is 2. The monoisotopic (exact) mass is 318 g/mol. The molecule has 1 aliphatic rings. The predicted octanol–water partition coefficient (Wildman–Crippen LogP) is 3.25. The molecule has 5 heteroatoms. The van der Waals surface area contributed by atoms with Crippen LogP contribution in [0.1, 0.15) is 45.1 Å². The van der Waals surface area contributed by atoms with Gasteiger partial charge in [-0.15, -0.1) is 0 Å². The molecule has 126 valence electrons. The number of nitrogens with zero attached hydrogens (tertiary/aromatic N) is 1. The van der Waals surface area contributed by atoms with Gasteiger partial charge in [0.05, 0.1) is 5.92 Å². The molecular weight excluding hydrogens is 292 g/mol. The summed E-state index contributed by atoms with van der Waals surface area (Å²) in [7, 11) is 0. The first-order valence-electron chi connectivity index (χ1n) is 8.33. The van der Waals surface area contributed by atoms with Gasteiger partial charge in [0, 0.05) is 18.6 Å². The maximum Gasteiger partial charge on any atom is 0.407 e. The van der Waals surface area contributed by atoms with Crippen LogP contribution < -0.4 is 5.32 Å². The Morgan fingerprint density at radius 2 is 1.87 bits per heavy atom. The Morgan fingerprint density at radius 3 is 2.48 bits per heavy atom. The van der Waals surface area contributed by atoms with E-state index in [1.54, 1.807) is 0 Å². The zero-order chi connectivity index (χ0) is 16.8. The third-order valence-electron chi connectivity index (χ3n) is 4.34. The highest BCUT2D eigenvalue weighted by Gasteiger charge is 2.37. The summed E-state index contributed by atoms with van der Waals surface area (Å²) < 4.78 is 0. The van der Waals surface area contributed by atoms with Crippen LogP contribution in [0.5, 0.6) is 0 Å². The molecule has 0 unspecified atom stereocenters. The lowest BCUT2D eigenvalue weighted by Crippen LogP contribution is -2.51. The van der Waals surface area contributed by atoms with Crippen molar-refractivity contribution in [2.75, 3.05) is 0 Å². The highest BCUT2D eigenvalue weighted by Crippen LogP contribution is 2.30. The van der Waals surface area contributed by atoms with Gasteiger partial charge < -0.3 is 15.3 Å². The second-order valence-electron chi connectivity index (χ2n) is 6.52. The minimum absolute atomic E-state index is 0.0241. The number of rotatable bonds is 5. The summed E-state index contributed by atoms with van der Waals surface area (Å²) >= 11 is 0. The fourth-order valence-corrected chi connectivity index (χ4v) is 3.29. The Bertz CT molecular complexity index is 530. The quantitative estimate of drug-likeness (QED) is 0.875. The zero-order valence-electron chi connectivity index (χ0n) is 13.9. The fraction of sp³-hybridized carbons (Fsp3) is 0.556. The first kappa shape index (κ1) is 17.3. The Morgan fingerprint density at radius 1 is 1.22 bits per heavy atom. The molecule has 23 heavy (non-hydrogen) atoms. The van der Waals surface area contributed by atoms with Crippen molar-refractivity contribution < 1.29 is 14.7 Å². The molecule has 0 heterocycles. The number of hydrogen-bond acceptors (Lipinski definition) is 2. The summed E-state index contributed by atoms with van der Waals surface area (Å²) in [6.45, 7) is 4.18. The highest BCUT2D eigenvalue weighted by atomic mass is 16.4. The third kappa shape index (κ3) is 4.71. The molecule has 2 N–H and O–H groups in total. The van der Waals surface area contributed by atoms with E-state index in [0.717, 1.165) is 31.2 Å². The number of carbonyl (C=O) groups excluding carboxylic acids is 1. The van der Waals surface area contributed by atoms with Gasteiger partial charge in [0.2, 0.25) is 5.91 Å². The molecule has 1 fully saturated rings. The number of nitrogens with one attached hydrogen (secondary N) is 1. The van der Waals surface area contributed by atoms with Crippen LogP contribution in [0.2, 0.25) is 0 Å². The average Bonchev–Trinajstić information content (AvgIpc) is 2.52. The third-order valence-corrected chi connectivity index (χ3v) is 4.34. The standard InChI is InChI=1S/C18H26N2O3/c1-13(2)19-17(21)15-10-6-7-11-16(15)20(18(22)23)12-14-8-4-3-5-9-14/h3-5,8-9,13,15-16H,6-7,10-12H2,1-2H3,(H,19,21)(H,22,23)/t15-,16+/m1/s1. The van der Waals surface area contributed by atoms with Crippen molar-refractivity contribution in [3.05, 3.63) is 35.9 Å². The highest BCUT2D eigenvalue weighted by molar-refractivity contribution is 5.80. The lowest BCUT2D eigenvalue weighted by molar-refractivity contribution is -0.128. The minimum Gasteiger partial charge on any atom is -0.465 e. The van der Waals surface area contributed by atoms with Gasteiger partial charge in [-0.05, 0) is 32.3 Å². The van der Waals surface area contributed by atoms with Crippen LogP contribution in [0.25, 0.3) is 0 Å². The van der Waals surface area contributed by atoms with Crippen LogP contribution >= 0.6 is 0 Å². The summed E-state index contributed by atoms with van der Waals surface area (Å²) in [6.07, 6.45) is 2.49. The lowest BCUT2D eigenvalue weighted by Gasteiger charge is -2.38. The van der Waals surface area contributed by atoms with Crippen molar-refractivity contribution in [1.82, 2.24) is 10.2 Å². The lowest BCUT2D eigenvalue weighted by atomic mass is 9.82. The summed E-state index contributed by atoms with van der Waals surface area (Å²) in [4.78, 5) is 25.7. The van der Waals surface area contributed by atoms with E-state index < -0.39 is 6.09 Å². The molecule has 0 aliphatic heterocycles. The maximum atomic E-state index is 12.5. The van der Waals surface area contributed by atoms with Crippen LogP contribution in [0.3, 0.4) is 0 Å². The van der Waals surface area contributed by atoms with Crippen molar-refractivity contribution in [3.63, 3.8) is 0 Å². The molecule has 0 spiro atoms. The molecule has 1 saturated carbocycles. The van der Waals surface area contributed by atoms with Crippen LogP contribution in [-0.2, 0) is 11.3 Å². The predicted molar refractivity (Wildman–Crippen MR) is 89.0 cm³/mol. The van der Waals surface area contributed by atoms with Crippen LogP contribution in [0.4, 0.5) is 4.79 Å². The topological polar surface area (TPSA) is 69.6 Å². The Kier molecular flexibility index (Phi) is 6.02. The van der Waals surface area contributed by atoms with E-state index in [9.17, 15) is 14.7 Å². The van der Waals surface area contributed by atoms with E-state index in [1.165, 1.54) is 4.90 Å². The van der Waals surface area contributed by atoms with E-state index in [1.807, 2.05) is 44.2 Å². The molecule has 0 saturated heterocycles. The van der Waals surface area contributed by atoms with Crippen molar-refractivity contribution in [1.29, 1.82) is 0 Å². The molecule has 1 aromatic rings. The Balaban J connectivity index is 2.17. The van der Waals surface area contributed by atoms with Crippen LogP contribution in [0, 0.1) is 5.92 Å². The van der Waals surface area contributed by atoms with Crippen molar-refractivity contribution in [3.8, 4) is 0 Å². The molecule has 1 aromatic carbocycles. The normalized spacial score (nSPS) is 21.0. The van der Waals surface area contributed by atoms with E-state index in [2.05, 4.69) is 5.32 Å². The smallest absolute Gasteiger partial charge is 0.407 e. The van der Waals surface area contributed by atoms with Gasteiger partial charge in [0.1, 0.15) is 0 Å². The van der Waals surface area contributed by atoms with E-state index in [0.29, 0.717) is 6.54 Å². The molecule has 0 bridgehead atoms.